The number of anilines is 2. The Balaban J connectivity index is 2.50. The molecule has 0 amide bonds. The fourth-order valence-corrected chi connectivity index (χ4v) is 0.774. The van der Waals surface area contributed by atoms with Crippen molar-refractivity contribution in [3.8, 4) is 6.01 Å². The van der Waals surface area contributed by atoms with E-state index >= 15 is 0 Å². The van der Waals surface area contributed by atoms with Gasteiger partial charge in [-0.25, -0.2) is 0 Å². The van der Waals surface area contributed by atoms with Crippen molar-refractivity contribution in [3.63, 3.8) is 0 Å². The molecule has 1 rings (SSSR count). The van der Waals surface area contributed by atoms with Gasteiger partial charge in [0.2, 0.25) is 11.9 Å². The first-order chi connectivity index (χ1) is 6.58. The van der Waals surface area contributed by atoms with E-state index in [0.29, 0.717) is 13.0 Å². The second kappa shape index (κ2) is 4.56. The van der Waals surface area contributed by atoms with E-state index in [9.17, 15) is 0 Å². The number of nitrogens with zero attached hydrogens (tertiary/aromatic N) is 3. The molecule has 0 fully saturated rings. The molecular weight excluding hydrogens is 186 g/mol. The summed E-state index contributed by atoms with van der Waals surface area (Å²) < 4.78 is 5.10. The van der Waals surface area contributed by atoms with Crippen molar-refractivity contribution >= 4 is 11.9 Å². The monoisotopic (exact) mass is 199 g/mol. The highest BCUT2D eigenvalue weighted by atomic mass is 16.5. The van der Waals surface area contributed by atoms with E-state index in [2.05, 4.69) is 15.0 Å². The Morgan fingerprint density at radius 3 is 2.36 bits per heavy atom. The van der Waals surface area contributed by atoms with E-state index in [4.69, 9.17) is 21.3 Å². The highest BCUT2D eigenvalue weighted by Crippen LogP contribution is 2.06. The maximum Gasteiger partial charge on any atom is 0.323 e. The van der Waals surface area contributed by atoms with Gasteiger partial charge in [-0.05, 0) is 6.92 Å². The summed E-state index contributed by atoms with van der Waals surface area (Å²) in [5, 5.41) is 8.96. The first-order valence-corrected chi connectivity index (χ1v) is 4.16. The van der Waals surface area contributed by atoms with Crippen LogP contribution in [0.4, 0.5) is 11.9 Å². The van der Waals surface area contributed by atoms with Gasteiger partial charge in [0, 0.05) is 6.42 Å². The highest BCUT2D eigenvalue weighted by molar-refractivity contribution is 5.27. The van der Waals surface area contributed by atoms with Gasteiger partial charge in [0.05, 0.1) is 12.7 Å². The van der Waals surface area contributed by atoms with Crippen LogP contribution in [0.2, 0.25) is 0 Å². The van der Waals surface area contributed by atoms with E-state index in [1.807, 2.05) is 0 Å². The summed E-state index contributed by atoms with van der Waals surface area (Å²) in [6, 6.07) is 0.0793. The van der Waals surface area contributed by atoms with E-state index < -0.39 is 6.10 Å². The van der Waals surface area contributed by atoms with Gasteiger partial charge in [-0.3, -0.25) is 0 Å². The molecule has 0 aliphatic rings. The maximum atomic E-state index is 8.96. The maximum absolute atomic E-state index is 8.96. The van der Waals surface area contributed by atoms with Crippen LogP contribution in [0.15, 0.2) is 0 Å². The molecule has 1 aromatic rings. The zero-order chi connectivity index (χ0) is 10.6. The molecule has 7 heteroatoms. The Morgan fingerprint density at radius 1 is 1.29 bits per heavy atom. The lowest BCUT2D eigenvalue weighted by Crippen LogP contribution is -2.11. The minimum Gasteiger partial charge on any atom is -0.463 e. The van der Waals surface area contributed by atoms with Crippen molar-refractivity contribution in [2.45, 2.75) is 19.4 Å². The Labute approximate surface area is 81.1 Å². The van der Waals surface area contributed by atoms with Crippen LogP contribution in [0, 0.1) is 0 Å². The number of ether oxygens (including phenoxy) is 1. The van der Waals surface area contributed by atoms with Crippen LogP contribution in [-0.2, 0) is 0 Å². The minimum atomic E-state index is -0.425. The van der Waals surface area contributed by atoms with Crippen LogP contribution in [0.3, 0.4) is 0 Å². The van der Waals surface area contributed by atoms with Crippen molar-refractivity contribution in [2.75, 3.05) is 18.1 Å². The lowest BCUT2D eigenvalue weighted by atomic mass is 10.3. The Hall–Kier alpha value is -1.63. The molecule has 1 atom stereocenters. The third-order valence-electron chi connectivity index (χ3n) is 1.42. The van der Waals surface area contributed by atoms with Gasteiger partial charge in [-0.2, -0.15) is 15.0 Å². The predicted molar refractivity (Wildman–Crippen MR) is 50.4 cm³/mol. The Kier molecular flexibility index (Phi) is 3.41. The van der Waals surface area contributed by atoms with Crippen molar-refractivity contribution in [1.82, 2.24) is 15.0 Å². The second-order valence-electron chi connectivity index (χ2n) is 2.82. The molecule has 0 radical (unpaired) electrons. The smallest absolute Gasteiger partial charge is 0.323 e. The van der Waals surface area contributed by atoms with E-state index in [1.54, 1.807) is 6.92 Å². The van der Waals surface area contributed by atoms with Crippen LogP contribution in [0.1, 0.15) is 13.3 Å². The first kappa shape index (κ1) is 10.5. The molecule has 14 heavy (non-hydrogen) atoms. The van der Waals surface area contributed by atoms with Gasteiger partial charge in [-0.1, -0.05) is 0 Å². The zero-order valence-electron chi connectivity index (χ0n) is 7.84. The third-order valence-corrected chi connectivity index (χ3v) is 1.42. The SMILES string of the molecule is CC(O)CCOc1nc(N)nc(N)n1. The second-order valence-corrected chi connectivity index (χ2v) is 2.82. The average molecular weight is 199 g/mol. The van der Waals surface area contributed by atoms with Gasteiger partial charge < -0.3 is 21.3 Å². The quantitative estimate of drug-likeness (QED) is 0.579. The number of aliphatic hydroxyl groups is 1. The van der Waals surface area contributed by atoms with Gasteiger partial charge >= 0.3 is 6.01 Å². The molecular formula is C7H13N5O2. The van der Waals surface area contributed by atoms with Crippen LogP contribution in [0.5, 0.6) is 6.01 Å². The normalized spacial score (nSPS) is 12.4. The summed E-state index contributed by atoms with van der Waals surface area (Å²) in [6.07, 6.45) is 0.0671. The van der Waals surface area contributed by atoms with E-state index in [-0.39, 0.29) is 17.9 Å². The number of aromatic nitrogens is 3. The number of rotatable bonds is 4. The number of nitrogen functional groups attached to an aromatic ring is 2. The lowest BCUT2D eigenvalue weighted by molar-refractivity contribution is 0.152. The molecule has 0 aliphatic heterocycles. The molecule has 78 valence electrons. The van der Waals surface area contributed by atoms with Gasteiger partial charge in [0.15, 0.2) is 0 Å². The molecule has 7 nitrogen and oxygen atoms in total. The molecule has 0 aliphatic carbocycles. The molecule has 1 unspecified atom stereocenters. The lowest BCUT2D eigenvalue weighted by Gasteiger charge is -2.06. The van der Waals surface area contributed by atoms with Gasteiger partial charge in [-0.15, -0.1) is 0 Å². The molecule has 0 spiro atoms. The van der Waals surface area contributed by atoms with E-state index in [1.165, 1.54) is 0 Å². The predicted octanol–water partition coefficient (Wildman–Crippen LogP) is -0.814. The zero-order valence-corrected chi connectivity index (χ0v) is 7.84. The molecule has 5 N–H and O–H groups in total. The van der Waals surface area contributed by atoms with Crippen molar-refractivity contribution in [1.29, 1.82) is 0 Å². The molecule has 1 aromatic heterocycles. The largest absolute Gasteiger partial charge is 0.463 e. The molecule has 1 heterocycles. The fraction of sp³-hybridized carbons (Fsp3) is 0.571. The Morgan fingerprint density at radius 2 is 1.86 bits per heavy atom. The summed E-state index contributed by atoms with van der Waals surface area (Å²) in [7, 11) is 0. The minimum absolute atomic E-state index is 0.0181. The number of hydrogen-bond acceptors (Lipinski definition) is 7. The summed E-state index contributed by atoms with van der Waals surface area (Å²) >= 11 is 0. The Bertz CT molecular complexity index is 284. The molecule has 0 bridgehead atoms. The summed E-state index contributed by atoms with van der Waals surface area (Å²) in [6.45, 7) is 1.97. The van der Waals surface area contributed by atoms with Crippen molar-refractivity contribution < 1.29 is 9.84 Å². The third kappa shape index (κ3) is 3.40. The standard InChI is InChI=1S/C7H13N5O2/c1-4(13)2-3-14-7-11-5(8)10-6(9)12-7/h4,13H,2-3H2,1H3,(H4,8,9,10,11,12). The number of aliphatic hydroxyl groups excluding tert-OH is 1. The van der Waals surface area contributed by atoms with Gasteiger partial charge in [0.25, 0.3) is 0 Å². The summed E-state index contributed by atoms with van der Waals surface area (Å²) in [5.74, 6) is 0.0362. The first-order valence-electron chi connectivity index (χ1n) is 4.16. The van der Waals surface area contributed by atoms with E-state index in [0.717, 1.165) is 0 Å². The van der Waals surface area contributed by atoms with Crippen LogP contribution in [-0.4, -0.2) is 32.8 Å². The van der Waals surface area contributed by atoms with Crippen LogP contribution >= 0.6 is 0 Å². The topological polar surface area (TPSA) is 120 Å². The molecule has 0 saturated carbocycles. The molecule has 0 aromatic carbocycles. The molecule has 0 saturated heterocycles. The number of nitrogens with two attached hydrogens (primary N) is 2. The fourth-order valence-electron chi connectivity index (χ4n) is 0.774. The number of hydrogen-bond donors (Lipinski definition) is 3. The van der Waals surface area contributed by atoms with Crippen molar-refractivity contribution in [2.24, 2.45) is 0 Å². The van der Waals surface area contributed by atoms with Crippen LogP contribution in [0.25, 0.3) is 0 Å². The summed E-state index contributed by atoms with van der Waals surface area (Å²) in [5.41, 5.74) is 10.6. The van der Waals surface area contributed by atoms with Gasteiger partial charge in [0.1, 0.15) is 0 Å². The highest BCUT2D eigenvalue weighted by Gasteiger charge is 2.03. The average Bonchev–Trinajstić information content (AvgIpc) is 2.01. The van der Waals surface area contributed by atoms with Crippen LogP contribution < -0.4 is 16.2 Å². The van der Waals surface area contributed by atoms with Crippen molar-refractivity contribution in [3.05, 3.63) is 0 Å². The summed E-state index contributed by atoms with van der Waals surface area (Å²) in [4.78, 5) is 11.0.